The fourth-order valence-electron chi connectivity index (χ4n) is 5.27. The predicted octanol–water partition coefficient (Wildman–Crippen LogP) is 2.93. The SMILES string of the molecule is CC(NC(=O)C(=O)N1CCN(c2cccc(Cl)c2)CC1)C1CC2CCC1C2. The van der Waals surface area contributed by atoms with Crippen molar-refractivity contribution >= 4 is 29.1 Å². The van der Waals surface area contributed by atoms with Crippen LogP contribution < -0.4 is 10.2 Å². The first-order valence-electron chi connectivity index (χ1n) is 10.1. The highest BCUT2D eigenvalue weighted by Gasteiger charge is 2.42. The summed E-state index contributed by atoms with van der Waals surface area (Å²) in [6.07, 6.45) is 5.15. The summed E-state index contributed by atoms with van der Waals surface area (Å²) in [7, 11) is 0. The van der Waals surface area contributed by atoms with Crippen molar-refractivity contribution in [3.05, 3.63) is 29.3 Å². The van der Waals surface area contributed by atoms with Gasteiger partial charge in [-0.2, -0.15) is 0 Å². The molecule has 4 atom stereocenters. The van der Waals surface area contributed by atoms with Gasteiger partial charge >= 0.3 is 11.8 Å². The van der Waals surface area contributed by atoms with E-state index in [2.05, 4.69) is 17.1 Å². The predicted molar refractivity (Wildman–Crippen MR) is 107 cm³/mol. The molecule has 0 radical (unpaired) electrons. The number of carbonyl (C=O) groups is 2. The Kier molecular flexibility index (Phi) is 5.31. The van der Waals surface area contributed by atoms with E-state index in [0.29, 0.717) is 37.1 Å². The summed E-state index contributed by atoms with van der Waals surface area (Å²) >= 11 is 6.07. The first-order chi connectivity index (χ1) is 13.0. The molecule has 1 aliphatic heterocycles. The summed E-state index contributed by atoms with van der Waals surface area (Å²) in [6.45, 7) is 4.60. The van der Waals surface area contributed by atoms with Crippen LogP contribution in [0.3, 0.4) is 0 Å². The van der Waals surface area contributed by atoms with Crippen LogP contribution in [0.1, 0.15) is 32.6 Å². The first-order valence-corrected chi connectivity index (χ1v) is 10.5. The van der Waals surface area contributed by atoms with Gasteiger partial charge in [-0.3, -0.25) is 9.59 Å². The van der Waals surface area contributed by atoms with Crippen LogP contribution >= 0.6 is 11.6 Å². The molecule has 2 saturated carbocycles. The summed E-state index contributed by atoms with van der Waals surface area (Å²) in [6, 6.07) is 7.83. The molecule has 1 aromatic rings. The highest BCUT2D eigenvalue weighted by molar-refractivity contribution is 6.35. The molecule has 0 spiro atoms. The van der Waals surface area contributed by atoms with Crippen molar-refractivity contribution in [3.63, 3.8) is 0 Å². The molecule has 146 valence electrons. The molecule has 27 heavy (non-hydrogen) atoms. The Balaban J connectivity index is 1.28. The van der Waals surface area contributed by atoms with Crippen molar-refractivity contribution in [2.45, 2.75) is 38.6 Å². The molecule has 0 aromatic heterocycles. The Morgan fingerprint density at radius 3 is 2.56 bits per heavy atom. The normalized spacial score (nSPS) is 28.3. The molecule has 1 aromatic carbocycles. The van der Waals surface area contributed by atoms with Crippen LogP contribution in [0.4, 0.5) is 5.69 Å². The highest BCUT2D eigenvalue weighted by Crippen LogP contribution is 2.49. The molecule has 3 aliphatic rings. The van der Waals surface area contributed by atoms with E-state index in [1.54, 1.807) is 4.90 Å². The lowest BCUT2D eigenvalue weighted by atomic mass is 9.84. The van der Waals surface area contributed by atoms with Crippen LogP contribution in [0.15, 0.2) is 24.3 Å². The molecular weight excluding hydrogens is 362 g/mol. The zero-order valence-corrected chi connectivity index (χ0v) is 16.6. The summed E-state index contributed by atoms with van der Waals surface area (Å²) in [4.78, 5) is 28.9. The quantitative estimate of drug-likeness (QED) is 0.808. The van der Waals surface area contributed by atoms with E-state index >= 15 is 0 Å². The van der Waals surface area contributed by atoms with E-state index in [0.717, 1.165) is 17.5 Å². The average Bonchev–Trinajstić information content (AvgIpc) is 3.31. The number of hydrogen-bond acceptors (Lipinski definition) is 3. The maximum atomic E-state index is 12.6. The van der Waals surface area contributed by atoms with Crippen LogP contribution in [0.5, 0.6) is 0 Å². The third-order valence-corrected chi connectivity index (χ3v) is 6.96. The van der Waals surface area contributed by atoms with Gasteiger partial charge < -0.3 is 15.1 Å². The van der Waals surface area contributed by atoms with Crippen LogP contribution in [0, 0.1) is 17.8 Å². The van der Waals surface area contributed by atoms with Gasteiger partial charge in [-0.25, -0.2) is 0 Å². The van der Waals surface area contributed by atoms with E-state index in [9.17, 15) is 9.59 Å². The summed E-state index contributed by atoms with van der Waals surface area (Å²) in [5.74, 6) is 1.29. The number of halogens is 1. The molecule has 4 unspecified atom stereocenters. The van der Waals surface area contributed by atoms with Crippen molar-refractivity contribution < 1.29 is 9.59 Å². The Labute approximate surface area is 166 Å². The maximum absolute atomic E-state index is 12.6. The van der Waals surface area contributed by atoms with Crippen molar-refractivity contribution in [3.8, 4) is 0 Å². The lowest BCUT2D eigenvalue weighted by Crippen LogP contribution is -2.54. The number of carbonyl (C=O) groups excluding carboxylic acids is 2. The van der Waals surface area contributed by atoms with Gasteiger partial charge in [0.15, 0.2) is 0 Å². The number of amides is 2. The van der Waals surface area contributed by atoms with E-state index in [-0.39, 0.29) is 6.04 Å². The van der Waals surface area contributed by atoms with Gasteiger partial charge in [0.05, 0.1) is 0 Å². The Hall–Kier alpha value is -1.75. The van der Waals surface area contributed by atoms with Crippen LogP contribution in [-0.4, -0.2) is 48.9 Å². The van der Waals surface area contributed by atoms with Gasteiger partial charge in [-0.05, 0) is 62.1 Å². The molecule has 2 amide bonds. The standard InChI is InChI=1S/C21H28ClN3O2/c1-14(19-12-15-5-6-16(19)11-15)23-20(26)21(27)25-9-7-24(8-10-25)18-4-2-3-17(22)13-18/h2-4,13-16,19H,5-12H2,1H3,(H,23,26). The minimum absolute atomic E-state index is 0.0875. The molecule has 4 rings (SSSR count). The molecule has 2 aliphatic carbocycles. The smallest absolute Gasteiger partial charge is 0.312 e. The molecule has 6 heteroatoms. The van der Waals surface area contributed by atoms with Gasteiger partial charge in [0.1, 0.15) is 0 Å². The Morgan fingerprint density at radius 1 is 1.15 bits per heavy atom. The number of benzene rings is 1. The van der Waals surface area contributed by atoms with Gasteiger partial charge in [-0.1, -0.05) is 24.1 Å². The fraction of sp³-hybridized carbons (Fsp3) is 0.619. The monoisotopic (exact) mass is 389 g/mol. The fourth-order valence-corrected chi connectivity index (χ4v) is 5.45. The van der Waals surface area contributed by atoms with Crippen molar-refractivity contribution in [1.82, 2.24) is 10.2 Å². The van der Waals surface area contributed by atoms with Crippen molar-refractivity contribution in [2.24, 2.45) is 17.8 Å². The molecule has 1 saturated heterocycles. The Bertz CT molecular complexity index is 717. The highest BCUT2D eigenvalue weighted by atomic mass is 35.5. The van der Waals surface area contributed by atoms with Crippen molar-refractivity contribution in [2.75, 3.05) is 31.1 Å². The van der Waals surface area contributed by atoms with Crippen LogP contribution in [-0.2, 0) is 9.59 Å². The zero-order chi connectivity index (χ0) is 19.0. The lowest BCUT2D eigenvalue weighted by Gasteiger charge is -2.36. The zero-order valence-electron chi connectivity index (χ0n) is 15.9. The van der Waals surface area contributed by atoms with E-state index in [1.807, 2.05) is 24.3 Å². The van der Waals surface area contributed by atoms with Gasteiger partial charge in [0.2, 0.25) is 0 Å². The van der Waals surface area contributed by atoms with E-state index in [1.165, 1.54) is 25.7 Å². The maximum Gasteiger partial charge on any atom is 0.312 e. The molecule has 3 fully saturated rings. The average molecular weight is 390 g/mol. The van der Waals surface area contributed by atoms with Gasteiger partial charge in [-0.15, -0.1) is 0 Å². The minimum Gasteiger partial charge on any atom is -0.368 e. The van der Waals surface area contributed by atoms with E-state index < -0.39 is 11.8 Å². The lowest BCUT2D eigenvalue weighted by molar-refractivity contribution is -0.146. The molecule has 2 bridgehead atoms. The summed E-state index contributed by atoms with van der Waals surface area (Å²) < 4.78 is 0. The van der Waals surface area contributed by atoms with Crippen molar-refractivity contribution in [1.29, 1.82) is 0 Å². The molecule has 5 nitrogen and oxygen atoms in total. The topological polar surface area (TPSA) is 52.7 Å². The number of rotatable bonds is 3. The van der Waals surface area contributed by atoms with Crippen LogP contribution in [0.25, 0.3) is 0 Å². The third-order valence-electron chi connectivity index (χ3n) is 6.73. The van der Waals surface area contributed by atoms with Crippen LogP contribution in [0.2, 0.25) is 5.02 Å². The molecule has 1 N–H and O–H groups in total. The molecular formula is C21H28ClN3O2. The number of nitrogens with zero attached hydrogens (tertiary/aromatic N) is 2. The second-order valence-corrected chi connectivity index (χ2v) is 8.80. The number of nitrogens with one attached hydrogen (secondary N) is 1. The second kappa shape index (κ2) is 7.70. The second-order valence-electron chi connectivity index (χ2n) is 8.36. The van der Waals surface area contributed by atoms with E-state index in [4.69, 9.17) is 11.6 Å². The number of hydrogen-bond donors (Lipinski definition) is 1. The number of anilines is 1. The third kappa shape index (κ3) is 3.93. The minimum atomic E-state index is -0.443. The summed E-state index contributed by atoms with van der Waals surface area (Å²) in [5.41, 5.74) is 1.06. The van der Waals surface area contributed by atoms with Gasteiger partial charge in [0, 0.05) is 42.9 Å². The number of fused-ring (bicyclic) bond motifs is 2. The number of piperazine rings is 1. The largest absolute Gasteiger partial charge is 0.368 e. The first kappa shape index (κ1) is 18.6. The summed E-state index contributed by atoms with van der Waals surface area (Å²) in [5, 5.41) is 3.70. The van der Waals surface area contributed by atoms with Gasteiger partial charge in [0.25, 0.3) is 0 Å². The molecule has 1 heterocycles. The Morgan fingerprint density at radius 2 is 1.93 bits per heavy atom.